The van der Waals surface area contributed by atoms with E-state index in [1.807, 2.05) is 6.07 Å². The minimum Gasteiger partial charge on any atom is -0.367 e. The molecule has 1 fully saturated rings. The fourth-order valence-corrected chi connectivity index (χ4v) is 2.53. The third-order valence-corrected chi connectivity index (χ3v) is 3.77. The highest BCUT2D eigenvalue weighted by Gasteiger charge is 2.29. The Hall–Kier alpha value is -1.53. The van der Waals surface area contributed by atoms with E-state index in [1.165, 1.54) is 18.4 Å². The highest BCUT2D eigenvalue weighted by atomic mass is 15.2. The lowest BCUT2D eigenvalue weighted by Crippen LogP contribution is -2.35. The molecule has 1 N–H and O–H groups in total. The topological polar surface area (TPSA) is 39.1 Å². The smallest absolute Gasteiger partial charge is 0.101 e. The molecule has 0 amide bonds. The van der Waals surface area contributed by atoms with Crippen molar-refractivity contribution in [1.29, 1.82) is 5.26 Å². The first kappa shape index (κ1) is 15.9. The van der Waals surface area contributed by atoms with Crippen LogP contribution in [0.3, 0.4) is 0 Å². The zero-order valence-corrected chi connectivity index (χ0v) is 13.7. The zero-order valence-electron chi connectivity index (χ0n) is 13.7. The van der Waals surface area contributed by atoms with Crippen LogP contribution in [0.25, 0.3) is 0 Å². The van der Waals surface area contributed by atoms with Crippen molar-refractivity contribution in [3.63, 3.8) is 0 Å². The minimum atomic E-state index is 0.0910. The monoisotopic (exact) mass is 285 g/mol. The van der Waals surface area contributed by atoms with Crippen LogP contribution in [0.2, 0.25) is 0 Å². The third-order valence-electron chi connectivity index (χ3n) is 3.77. The number of nitrogens with one attached hydrogen (secondary N) is 1. The molecule has 0 bridgehead atoms. The summed E-state index contributed by atoms with van der Waals surface area (Å²) in [6.07, 6.45) is 3.64. The molecule has 0 aromatic heterocycles. The molecule has 3 heteroatoms. The van der Waals surface area contributed by atoms with Crippen LogP contribution in [0.15, 0.2) is 18.2 Å². The summed E-state index contributed by atoms with van der Waals surface area (Å²) < 4.78 is 0. The Bertz CT molecular complexity index is 518. The van der Waals surface area contributed by atoms with Gasteiger partial charge in [-0.2, -0.15) is 5.26 Å². The van der Waals surface area contributed by atoms with E-state index < -0.39 is 0 Å². The molecule has 0 saturated heterocycles. The van der Waals surface area contributed by atoms with Gasteiger partial charge in [-0.05, 0) is 57.7 Å². The third kappa shape index (κ3) is 4.47. The molecule has 0 heterocycles. The maximum atomic E-state index is 9.49. The van der Waals surface area contributed by atoms with E-state index in [4.69, 9.17) is 0 Å². The second-order valence-electron chi connectivity index (χ2n) is 6.99. The van der Waals surface area contributed by atoms with E-state index in [9.17, 15) is 5.26 Å². The second-order valence-corrected chi connectivity index (χ2v) is 6.99. The van der Waals surface area contributed by atoms with Crippen molar-refractivity contribution in [3.05, 3.63) is 29.3 Å². The molecule has 1 aromatic rings. The van der Waals surface area contributed by atoms with E-state index in [2.05, 4.69) is 56.1 Å². The van der Waals surface area contributed by atoms with Crippen molar-refractivity contribution in [2.24, 2.45) is 0 Å². The fourth-order valence-electron chi connectivity index (χ4n) is 2.53. The lowest BCUT2D eigenvalue weighted by Gasteiger charge is -2.26. The Labute approximate surface area is 129 Å². The molecule has 0 aliphatic heterocycles. The largest absolute Gasteiger partial charge is 0.367 e. The number of nitrogens with zero attached hydrogens (tertiary/aromatic N) is 2. The van der Waals surface area contributed by atoms with Crippen LogP contribution in [0, 0.1) is 11.3 Å². The Kier molecular flexibility index (Phi) is 4.90. The molecule has 1 aromatic carbocycles. The standard InChI is InChI=1S/C18H27N3/c1-5-10-21(16-7-8-16)17-9-6-14(11-15(17)12-19)13-20-18(2,3)4/h6,9,11,16,20H,5,7-8,10,13H2,1-4H3. The Morgan fingerprint density at radius 3 is 2.57 bits per heavy atom. The Morgan fingerprint density at radius 1 is 1.33 bits per heavy atom. The van der Waals surface area contributed by atoms with Crippen LogP contribution < -0.4 is 10.2 Å². The molecule has 1 saturated carbocycles. The highest BCUT2D eigenvalue weighted by Crippen LogP contribution is 2.34. The van der Waals surface area contributed by atoms with Gasteiger partial charge in [0.25, 0.3) is 0 Å². The molecule has 1 aliphatic rings. The maximum Gasteiger partial charge on any atom is 0.101 e. The van der Waals surface area contributed by atoms with E-state index in [1.54, 1.807) is 0 Å². The number of rotatable bonds is 6. The molecular formula is C18H27N3. The van der Waals surface area contributed by atoms with Crippen molar-refractivity contribution in [2.75, 3.05) is 11.4 Å². The van der Waals surface area contributed by atoms with Gasteiger partial charge < -0.3 is 10.2 Å². The van der Waals surface area contributed by atoms with Crippen LogP contribution in [0.5, 0.6) is 0 Å². The van der Waals surface area contributed by atoms with Crippen LogP contribution in [-0.2, 0) is 6.54 Å². The van der Waals surface area contributed by atoms with E-state index in [0.29, 0.717) is 6.04 Å². The van der Waals surface area contributed by atoms with Crippen LogP contribution in [-0.4, -0.2) is 18.1 Å². The van der Waals surface area contributed by atoms with Gasteiger partial charge in [-0.25, -0.2) is 0 Å². The summed E-state index contributed by atoms with van der Waals surface area (Å²) >= 11 is 0. The second kappa shape index (κ2) is 6.49. The van der Waals surface area contributed by atoms with Crippen LogP contribution in [0.1, 0.15) is 58.1 Å². The first-order valence-corrected chi connectivity index (χ1v) is 7.99. The number of hydrogen-bond donors (Lipinski definition) is 1. The number of hydrogen-bond acceptors (Lipinski definition) is 3. The van der Waals surface area contributed by atoms with Gasteiger partial charge in [-0.15, -0.1) is 0 Å². The molecule has 0 atom stereocenters. The quantitative estimate of drug-likeness (QED) is 0.863. The molecule has 0 unspecified atom stereocenters. The van der Waals surface area contributed by atoms with Gasteiger partial charge >= 0.3 is 0 Å². The predicted octanol–water partition coefficient (Wildman–Crippen LogP) is 3.83. The lowest BCUT2D eigenvalue weighted by molar-refractivity contribution is 0.424. The Balaban J connectivity index is 2.18. The van der Waals surface area contributed by atoms with Gasteiger partial charge in [0.05, 0.1) is 11.3 Å². The average Bonchev–Trinajstić information content (AvgIpc) is 3.26. The SMILES string of the molecule is CCCN(c1ccc(CNC(C)(C)C)cc1C#N)C1CC1. The minimum absolute atomic E-state index is 0.0910. The molecule has 114 valence electrons. The summed E-state index contributed by atoms with van der Waals surface area (Å²) in [6, 6.07) is 9.36. The number of benzene rings is 1. The van der Waals surface area contributed by atoms with E-state index in [-0.39, 0.29) is 5.54 Å². The van der Waals surface area contributed by atoms with Crippen molar-refractivity contribution in [3.8, 4) is 6.07 Å². The van der Waals surface area contributed by atoms with Gasteiger partial charge in [0, 0.05) is 24.7 Å². The number of nitriles is 1. The van der Waals surface area contributed by atoms with Crippen molar-refractivity contribution < 1.29 is 0 Å². The van der Waals surface area contributed by atoms with Crippen molar-refractivity contribution in [1.82, 2.24) is 5.32 Å². The molecule has 0 radical (unpaired) electrons. The summed E-state index contributed by atoms with van der Waals surface area (Å²) in [4.78, 5) is 2.42. The van der Waals surface area contributed by atoms with Crippen molar-refractivity contribution in [2.45, 2.75) is 65.1 Å². The van der Waals surface area contributed by atoms with Gasteiger partial charge in [0.15, 0.2) is 0 Å². The predicted molar refractivity (Wildman–Crippen MR) is 88.4 cm³/mol. The summed E-state index contributed by atoms with van der Waals surface area (Å²) in [5, 5.41) is 13.0. The molecular weight excluding hydrogens is 258 g/mol. The van der Waals surface area contributed by atoms with Gasteiger partial charge in [0.2, 0.25) is 0 Å². The van der Waals surface area contributed by atoms with Gasteiger partial charge in [-0.3, -0.25) is 0 Å². The van der Waals surface area contributed by atoms with Gasteiger partial charge in [-0.1, -0.05) is 13.0 Å². The lowest BCUT2D eigenvalue weighted by atomic mass is 10.1. The molecule has 21 heavy (non-hydrogen) atoms. The molecule has 3 nitrogen and oxygen atoms in total. The number of anilines is 1. The van der Waals surface area contributed by atoms with E-state index >= 15 is 0 Å². The normalized spacial score (nSPS) is 14.8. The van der Waals surface area contributed by atoms with Crippen LogP contribution >= 0.6 is 0 Å². The summed E-state index contributed by atoms with van der Waals surface area (Å²) in [6.45, 7) is 10.5. The van der Waals surface area contributed by atoms with E-state index in [0.717, 1.165) is 30.8 Å². The molecule has 0 spiro atoms. The average molecular weight is 285 g/mol. The molecule has 1 aliphatic carbocycles. The van der Waals surface area contributed by atoms with Crippen LogP contribution in [0.4, 0.5) is 5.69 Å². The first-order valence-electron chi connectivity index (χ1n) is 7.99. The van der Waals surface area contributed by atoms with Gasteiger partial charge in [0.1, 0.15) is 6.07 Å². The summed E-state index contributed by atoms with van der Waals surface area (Å²) in [7, 11) is 0. The summed E-state index contributed by atoms with van der Waals surface area (Å²) in [5.74, 6) is 0. The summed E-state index contributed by atoms with van der Waals surface area (Å²) in [5.41, 5.74) is 3.19. The first-order chi connectivity index (χ1) is 9.94. The molecule has 2 rings (SSSR count). The highest BCUT2D eigenvalue weighted by molar-refractivity contribution is 5.61. The zero-order chi connectivity index (χ0) is 15.5. The van der Waals surface area contributed by atoms with Crippen molar-refractivity contribution >= 4 is 5.69 Å². The fraction of sp³-hybridized carbons (Fsp3) is 0.611. The maximum absolute atomic E-state index is 9.49. The Morgan fingerprint density at radius 2 is 2.05 bits per heavy atom.